The summed E-state index contributed by atoms with van der Waals surface area (Å²) in [5, 5.41) is 0. The fourth-order valence-electron chi connectivity index (χ4n) is 2.34. The van der Waals surface area contributed by atoms with Crippen molar-refractivity contribution in [2.24, 2.45) is 0 Å². The number of ether oxygens (including phenoxy) is 1. The molecular weight excluding hydrogens is 315 g/mol. The number of hydrogen-bond acceptors (Lipinski definition) is 4. The molecule has 0 amide bonds. The Morgan fingerprint density at radius 1 is 1.22 bits per heavy atom. The molecule has 0 saturated heterocycles. The number of hydrogen-bond donors (Lipinski definition) is 0. The number of methoxy groups -OCH3 is 1. The molecule has 1 heterocycles. The lowest BCUT2D eigenvalue weighted by atomic mass is 10.0. The van der Waals surface area contributed by atoms with Crippen LogP contribution in [0.4, 0.5) is 4.39 Å². The van der Waals surface area contributed by atoms with Gasteiger partial charge in [-0.25, -0.2) is 9.18 Å². The predicted molar refractivity (Wildman–Crippen MR) is 87.2 cm³/mol. The second-order valence-corrected chi connectivity index (χ2v) is 6.06. The van der Waals surface area contributed by atoms with Crippen molar-refractivity contribution in [3.8, 4) is 0 Å². The van der Waals surface area contributed by atoms with Gasteiger partial charge in [0.05, 0.1) is 12.7 Å². The number of fused-ring (bicyclic) bond motifs is 1. The van der Waals surface area contributed by atoms with E-state index in [-0.39, 0.29) is 5.78 Å². The number of rotatable bonds is 2. The average molecular weight is 328 g/mol. The largest absolute Gasteiger partial charge is 0.465 e. The molecule has 0 aromatic heterocycles. The van der Waals surface area contributed by atoms with Gasteiger partial charge in [0.2, 0.25) is 0 Å². The monoisotopic (exact) mass is 328 g/mol. The van der Waals surface area contributed by atoms with Crippen molar-refractivity contribution in [3.05, 3.63) is 70.5 Å². The lowest BCUT2D eigenvalue weighted by Crippen LogP contribution is -2.12. The quantitative estimate of drug-likeness (QED) is 0.618. The summed E-state index contributed by atoms with van der Waals surface area (Å²) in [6, 6.07) is 11.1. The summed E-state index contributed by atoms with van der Waals surface area (Å²) in [4.78, 5) is 24.7. The van der Waals surface area contributed by atoms with Gasteiger partial charge in [-0.3, -0.25) is 4.79 Å². The van der Waals surface area contributed by atoms with Crippen LogP contribution < -0.4 is 0 Å². The molecule has 3 nitrogen and oxygen atoms in total. The molecule has 0 atom stereocenters. The van der Waals surface area contributed by atoms with Crippen LogP contribution in [-0.4, -0.2) is 24.6 Å². The van der Waals surface area contributed by atoms with Crippen LogP contribution in [0.25, 0.3) is 6.08 Å². The van der Waals surface area contributed by atoms with Gasteiger partial charge >= 0.3 is 5.97 Å². The maximum absolute atomic E-state index is 13.4. The summed E-state index contributed by atoms with van der Waals surface area (Å²) >= 11 is 1.51. The maximum Gasteiger partial charge on any atom is 0.337 e. The number of esters is 1. The van der Waals surface area contributed by atoms with E-state index in [1.165, 1.54) is 31.0 Å². The van der Waals surface area contributed by atoms with Crippen LogP contribution in [0.15, 0.2) is 52.9 Å². The first kappa shape index (κ1) is 15.5. The molecule has 2 aromatic rings. The Bertz CT molecular complexity index is 810. The Hall–Kier alpha value is -2.40. The first-order chi connectivity index (χ1) is 11.1. The van der Waals surface area contributed by atoms with Crippen molar-refractivity contribution in [2.45, 2.75) is 4.90 Å². The first-order valence-electron chi connectivity index (χ1n) is 6.94. The van der Waals surface area contributed by atoms with Gasteiger partial charge < -0.3 is 4.74 Å². The van der Waals surface area contributed by atoms with Gasteiger partial charge in [-0.15, -0.1) is 11.8 Å². The minimum atomic E-state index is -0.415. The normalized spacial score (nSPS) is 15.4. The molecule has 0 aliphatic carbocycles. The summed E-state index contributed by atoms with van der Waals surface area (Å²) in [7, 11) is 1.33. The van der Waals surface area contributed by atoms with E-state index >= 15 is 0 Å². The second kappa shape index (κ2) is 6.38. The molecule has 1 aliphatic rings. The van der Waals surface area contributed by atoms with Crippen LogP contribution in [0.1, 0.15) is 26.3 Å². The Labute approximate surface area is 137 Å². The lowest BCUT2D eigenvalue weighted by Gasteiger charge is -2.17. The maximum atomic E-state index is 13.4. The fraction of sp³-hybridized carbons (Fsp3) is 0.111. The van der Waals surface area contributed by atoms with E-state index in [2.05, 4.69) is 4.74 Å². The van der Waals surface area contributed by atoms with E-state index in [1.54, 1.807) is 36.4 Å². The Morgan fingerprint density at radius 3 is 2.65 bits per heavy atom. The first-order valence-corrected chi connectivity index (χ1v) is 7.93. The smallest absolute Gasteiger partial charge is 0.337 e. The molecule has 0 spiro atoms. The van der Waals surface area contributed by atoms with Crippen molar-refractivity contribution in [1.82, 2.24) is 0 Å². The highest BCUT2D eigenvalue weighted by Crippen LogP contribution is 2.33. The molecule has 0 bridgehead atoms. The van der Waals surface area contributed by atoms with Crippen LogP contribution in [0.3, 0.4) is 0 Å². The van der Waals surface area contributed by atoms with Crippen molar-refractivity contribution in [1.29, 1.82) is 0 Å². The summed E-state index contributed by atoms with van der Waals surface area (Å²) < 4.78 is 18.0. The van der Waals surface area contributed by atoms with E-state index in [0.717, 1.165) is 10.5 Å². The molecule has 2 aromatic carbocycles. The zero-order valence-electron chi connectivity index (χ0n) is 12.3. The van der Waals surface area contributed by atoms with Crippen LogP contribution in [0.2, 0.25) is 0 Å². The summed E-state index contributed by atoms with van der Waals surface area (Å²) in [6.07, 6.45) is 1.77. The summed E-state index contributed by atoms with van der Waals surface area (Å²) in [5.74, 6) is -0.439. The second-order valence-electron chi connectivity index (χ2n) is 5.04. The van der Waals surface area contributed by atoms with E-state index in [0.29, 0.717) is 22.5 Å². The minimum absolute atomic E-state index is 0.157. The van der Waals surface area contributed by atoms with Crippen LogP contribution >= 0.6 is 11.8 Å². The highest BCUT2D eigenvalue weighted by molar-refractivity contribution is 7.99. The van der Waals surface area contributed by atoms with Crippen molar-refractivity contribution < 1.29 is 18.7 Å². The van der Waals surface area contributed by atoms with E-state index in [1.807, 2.05) is 0 Å². The van der Waals surface area contributed by atoms with Gasteiger partial charge in [-0.05, 0) is 42.0 Å². The number of Topliss-reactive ketones (excluding diaryl/α,β-unsaturated/α-hetero) is 1. The Balaban J connectivity index is 1.89. The van der Waals surface area contributed by atoms with Gasteiger partial charge in [0.15, 0.2) is 5.78 Å². The Morgan fingerprint density at radius 2 is 1.96 bits per heavy atom. The van der Waals surface area contributed by atoms with Gasteiger partial charge in [-0.2, -0.15) is 0 Å². The van der Waals surface area contributed by atoms with Gasteiger partial charge in [0, 0.05) is 21.8 Å². The molecule has 1 aliphatic heterocycles. The van der Waals surface area contributed by atoms with Crippen LogP contribution in [0.5, 0.6) is 0 Å². The molecule has 0 unspecified atom stereocenters. The van der Waals surface area contributed by atoms with E-state index < -0.39 is 11.8 Å². The van der Waals surface area contributed by atoms with Crippen LogP contribution in [-0.2, 0) is 4.74 Å². The number of halogens is 1. The topological polar surface area (TPSA) is 43.4 Å². The van der Waals surface area contributed by atoms with Crippen LogP contribution in [0, 0.1) is 5.82 Å². The number of thioether (sulfide) groups is 1. The SMILES string of the molecule is COC(=O)c1ccc(/C=C2\CSc3ccc(F)cc3C2=O)cc1. The van der Waals surface area contributed by atoms with Crippen molar-refractivity contribution in [3.63, 3.8) is 0 Å². The molecule has 0 saturated carbocycles. The van der Waals surface area contributed by atoms with E-state index in [4.69, 9.17) is 0 Å². The number of benzene rings is 2. The molecular formula is C18H13FO3S. The predicted octanol–water partition coefficient (Wildman–Crippen LogP) is 3.98. The van der Waals surface area contributed by atoms with Gasteiger partial charge in [0.1, 0.15) is 5.82 Å². The molecule has 3 rings (SSSR count). The fourth-order valence-corrected chi connectivity index (χ4v) is 3.34. The minimum Gasteiger partial charge on any atom is -0.465 e. The highest BCUT2D eigenvalue weighted by atomic mass is 32.2. The third kappa shape index (κ3) is 3.19. The van der Waals surface area contributed by atoms with Gasteiger partial charge in [-0.1, -0.05) is 12.1 Å². The van der Waals surface area contributed by atoms with Crippen molar-refractivity contribution in [2.75, 3.05) is 12.9 Å². The summed E-state index contributed by atoms with van der Waals surface area (Å²) in [5.41, 5.74) is 2.27. The van der Waals surface area contributed by atoms with E-state index in [9.17, 15) is 14.0 Å². The zero-order valence-corrected chi connectivity index (χ0v) is 13.2. The number of carbonyl (C=O) groups excluding carboxylic acids is 2. The molecule has 5 heteroatoms. The van der Waals surface area contributed by atoms with Gasteiger partial charge in [0.25, 0.3) is 0 Å². The van der Waals surface area contributed by atoms with Crippen molar-refractivity contribution >= 4 is 29.6 Å². The number of carbonyl (C=O) groups is 2. The standard InChI is InChI=1S/C18H13FO3S/c1-22-18(21)12-4-2-11(3-5-12)8-13-10-23-16-7-6-14(19)9-15(16)17(13)20/h2-9H,10H2,1H3/b13-8+. The average Bonchev–Trinajstić information content (AvgIpc) is 2.58. The molecule has 0 N–H and O–H groups in total. The third-order valence-corrected chi connectivity index (χ3v) is 4.66. The number of ketones is 1. The zero-order chi connectivity index (χ0) is 16.4. The third-order valence-electron chi connectivity index (χ3n) is 3.53. The molecule has 0 radical (unpaired) electrons. The molecule has 23 heavy (non-hydrogen) atoms. The lowest BCUT2D eigenvalue weighted by molar-refractivity contribution is 0.0600. The molecule has 116 valence electrons. The highest BCUT2D eigenvalue weighted by Gasteiger charge is 2.22. The Kier molecular flexibility index (Phi) is 4.30. The molecule has 0 fully saturated rings. The summed E-state index contributed by atoms with van der Waals surface area (Å²) in [6.45, 7) is 0.